The zero-order valence-electron chi connectivity index (χ0n) is 21.7. The molecule has 0 bridgehead atoms. The lowest BCUT2D eigenvalue weighted by atomic mass is 10.1. The Hall–Kier alpha value is -2.63. The summed E-state index contributed by atoms with van der Waals surface area (Å²) in [4.78, 5) is 26.7. The first kappa shape index (κ1) is 30.3. The van der Waals surface area contributed by atoms with E-state index in [0.29, 0.717) is 0 Å². The van der Waals surface area contributed by atoms with Gasteiger partial charge in [-0.1, -0.05) is 47.5 Å². The maximum absolute atomic E-state index is 14.1. The fourth-order valence-electron chi connectivity index (χ4n) is 4.14. The van der Waals surface area contributed by atoms with Crippen molar-refractivity contribution >= 4 is 30.8 Å². The van der Waals surface area contributed by atoms with Crippen molar-refractivity contribution in [1.82, 2.24) is 9.55 Å². The number of para-hydroxylation sites is 2. The number of halogens is 2. The Labute approximate surface area is 240 Å². The normalized spacial score (nSPS) is 20.9. The van der Waals surface area contributed by atoms with Crippen LogP contribution >= 0.6 is 30.8 Å². The van der Waals surface area contributed by atoms with E-state index < -0.39 is 43.4 Å². The van der Waals surface area contributed by atoms with Crippen LogP contribution in [-0.4, -0.2) is 59.5 Å². The van der Waals surface area contributed by atoms with Crippen molar-refractivity contribution in [1.29, 1.82) is 0 Å². The standard InChI is InChI=1S/C26H29Cl2N2O9P/c1-16-15-30(26(33)29-24(16)32)25-23(36-13-12-35-2)22(31)21(37-25)11-14-40(34,38-19-9-5-3-7-17(19)27)39-20-10-6-4-8-18(20)28/h3-10,15,21-23,25,31H,11-14H2,1-2H3,(H,29,32,33)/t21-,22-,23-,25-/m1/s1. The number of aromatic nitrogens is 2. The fraction of sp³-hybridized carbons (Fsp3) is 0.385. The molecule has 0 unspecified atom stereocenters. The second kappa shape index (κ2) is 13.4. The number of aromatic amines is 1. The quantitative estimate of drug-likeness (QED) is 0.227. The van der Waals surface area contributed by atoms with Gasteiger partial charge in [-0.15, -0.1) is 0 Å². The number of ether oxygens (including phenoxy) is 3. The third kappa shape index (κ3) is 7.16. The molecular weight excluding hydrogens is 586 g/mol. The molecule has 0 saturated carbocycles. The molecule has 40 heavy (non-hydrogen) atoms. The molecule has 0 spiro atoms. The highest BCUT2D eigenvalue weighted by Crippen LogP contribution is 2.52. The highest BCUT2D eigenvalue weighted by Gasteiger charge is 2.47. The average molecular weight is 615 g/mol. The molecule has 1 saturated heterocycles. The first-order valence-corrected chi connectivity index (χ1v) is 14.8. The highest BCUT2D eigenvalue weighted by atomic mass is 35.5. The van der Waals surface area contributed by atoms with Crippen LogP contribution in [0.25, 0.3) is 0 Å². The minimum atomic E-state index is -3.99. The van der Waals surface area contributed by atoms with Crippen LogP contribution in [-0.2, 0) is 18.8 Å². The van der Waals surface area contributed by atoms with Crippen LogP contribution < -0.4 is 20.3 Å². The molecule has 2 N–H and O–H groups in total. The number of aliphatic hydroxyl groups is 1. The number of benzene rings is 2. The number of hydrogen-bond donors (Lipinski definition) is 2. The molecular formula is C26H29Cl2N2O9P. The van der Waals surface area contributed by atoms with Crippen LogP contribution in [0.1, 0.15) is 18.2 Å². The summed E-state index contributed by atoms with van der Waals surface area (Å²) in [7, 11) is -2.50. The molecule has 1 fully saturated rings. The second-order valence-electron chi connectivity index (χ2n) is 9.03. The monoisotopic (exact) mass is 614 g/mol. The molecule has 4 atom stereocenters. The Kier molecular flexibility index (Phi) is 10.1. The molecule has 2 heterocycles. The predicted molar refractivity (Wildman–Crippen MR) is 149 cm³/mol. The van der Waals surface area contributed by atoms with Gasteiger partial charge in [0, 0.05) is 18.9 Å². The SMILES string of the molecule is COCCO[C@@H]1[C@H](O)[C@@H](CCP(=O)(Oc2ccccc2Cl)Oc2ccccc2Cl)O[C@H]1n1cc(C)c(=O)[nH]c1=O. The Morgan fingerprint density at radius 3 is 2.20 bits per heavy atom. The van der Waals surface area contributed by atoms with Gasteiger partial charge in [-0.05, 0) is 37.6 Å². The summed E-state index contributed by atoms with van der Waals surface area (Å²) in [6.07, 6.45) is -3.19. The molecule has 2 aromatic carbocycles. The number of rotatable bonds is 12. The first-order chi connectivity index (χ1) is 19.1. The number of aryl methyl sites for hydroxylation is 1. The van der Waals surface area contributed by atoms with Gasteiger partial charge in [0.05, 0.1) is 35.5 Å². The molecule has 1 aliphatic heterocycles. The van der Waals surface area contributed by atoms with Gasteiger partial charge in [0.15, 0.2) is 6.23 Å². The zero-order valence-corrected chi connectivity index (χ0v) is 24.1. The fourth-order valence-corrected chi connectivity index (χ4v) is 6.30. The molecule has 0 aliphatic carbocycles. The third-order valence-corrected chi connectivity index (χ3v) is 8.55. The van der Waals surface area contributed by atoms with Gasteiger partial charge in [-0.25, -0.2) is 9.36 Å². The summed E-state index contributed by atoms with van der Waals surface area (Å²) >= 11 is 12.5. The van der Waals surface area contributed by atoms with Gasteiger partial charge in [0.1, 0.15) is 23.7 Å². The first-order valence-electron chi connectivity index (χ1n) is 12.4. The summed E-state index contributed by atoms with van der Waals surface area (Å²) in [5.74, 6) is 0.280. The Morgan fingerprint density at radius 1 is 1.02 bits per heavy atom. The van der Waals surface area contributed by atoms with Crippen LogP contribution in [0.2, 0.25) is 10.0 Å². The lowest BCUT2D eigenvalue weighted by Crippen LogP contribution is -2.40. The van der Waals surface area contributed by atoms with E-state index in [1.165, 1.54) is 20.2 Å². The van der Waals surface area contributed by atoms with E-state index in [2.05, 4.69) is 4.98 Å². The maximum atomic E-state index is 14.1. The van der Waals surface area contributed by atoms with Crippen molar-refractivity contribution in [2.75, 3.05) is 26.5 Å². The molecule has 1 aliphatic rings. The summed E-state index contributed by atoms with van der Waals surface area (Å²) in [5, 5.41) is 11.6. The number of nitrogens with zero attached hydrogens (tertiary/aromatic N) is 1. The van der Waals surface area contributed by atoms with Crippen molar-refractivity contribution in [3.63, 3.8) is 0 Å². The van der Waals surface area contributed by atoms with Crippen LogP contribution in [0.5, 0.6) is 11.5 Å². The second-order valence-corrected chi connectivity index (χ2v) is 11.9. The van der Waals surface area contributed by atoms with Gasteiger partial charge in [-0.3, -0.25) is 14.3 Å². The molecule has 14 heteroatoms. The topological polar surface area (TPSA) is 138 Å². The number of aliphatic hydroxyl groups excluding tert-OH is 1. The van der Waals surface area contributed by atoms with Crippen LogP contribution in [0.3, 0.4) is 0 Å². The third-order valence-electron chi connectivity index (χ3n) is 6.17. The zero-order chi connectivity index (χ0) is 28.9. The van der Waals surface area contributed by atoms with E-state index in [1.54, 1.807) is 48.5 Å². The molecule has 0 amide bonds. The van der Waals surface area contributed by atoms with Crippen LogP contribution in [0, 0.1) is 6.92 Å². The summed E-state index contributed by atoms with van der Waals surface area (Å²) < 4.78 is 43.7. The lowest BCUT2D eigenvalue weighted by molar-refractivity contribution is -0.0797. The number of nitrogens with one attached hydrogen (secondary N) is 1. The van der Waals surface area contributed by atoms with E-state index in [9.17, 15) is 19.3 Å². The maximum Gasteiger partial charge on any atom is 0.430 e. The number of H-pyrrole nitrogens is 1. The van der Waals surface area contributed by atoms with E-state index in [0.717, 1.165) is 4.57 Å². The molecule has 1 aromatic heterocycles. The molecule has 0 radical (unpaired) electrons. The van der Waals surface area contributed by atoms with Crippen LogP contribution in [0.15, 0.2) is 64.3 Å². The average Bonchev–Trinajstić information content (AvgIpc) is 3.23. The van der Waals surface area contributed by atoms with Gasteiger partial charge in [-0.2, -0.15) is 0 Å². The van der Waals surface area contributed by atoms with Gasteiger partial charge in [0.2, 0.25) is 0 Å². The largest absolute Gasteiger partial charge is 0.430 e. The molecule has 3 aromatic rings. The van der Waals surface area contributed by atoms with Crippen molar-refractivity contribution < 1.29 is 32.9 Å². The lowest BCUT2D eigenvalue weighted by Gasteiger charge is -2.23. The smallest absolute Gasteiger partial charge is 0.414 e. The summed E-state index contributed by atoms with van der Waals surface area (Å²) in [6.45, 7) is 1.87. The van der Waals surface area contributed by atoms with E-state index in [-0.39, 0.29) is 52.9 Å². The summed E-state index contributed by atoms with van der Waals surface area (Å²) in [5.41, 5.74) is -1.01. The predicted octanol–water partition coefficient (Wildman–Crippen LogP) is 4.18. The molecule has 216 valence electrons. The van der Waals surface area contributed by atoms with Gasteiger partial charge >= 0.3 is 13.3 Å². The Balaban J connectivity index is 1.60. The van der Waals surface area contributed by atoms with E-state index in [1.807, 2.05) is 0 Å². The molecule has 4 rings (SSSR count). The molecule has 11 nitrogen and oxygen atoms in total. The Bertz CT molecular complexity index is 1430. The number of hydrogen-bond acceptors (Lipinski definition) is 9. The highest BCUT2D eigenvalue weighted by molar-refractivity contribution is 7.54. The van der Waals surface area contributed by atoms with Crippen molar-refractivity contribution in [3.8, 4) is 11.5 Å². The van der Waals surface area contributed by atoms with Crippen molar-refractivity contribution in [2.45, 2.75) is 37.9 Å². The number of methoxy groups -OCH3 is 1. The van der Waals surface area contributed by atoms with E-state index in [4.69, 9.17) is 46.5 Å². The minimum Gasteiger partial charge on any atom is -0.414 e. The van der Waals surface area contributed by atoms with Gasteiger partial charge < -0.3 is 28.4 Å². The van der Waals surface area contributed by atoms with Crippen molar-refractivity contribution in [2.24, 2.45) is 0 Å². The van der Waals surface area contributed by atoms with Crippen LogP contribution in [0.4, 0.5) is 0 Å². The summed E-state index contributed by atoms with van der Waals surface area (Å²) in [6, 6.07) is 13.0. The van der Waals surface area contributed by atoms with Crippen molar-refractivity contribution in [3.05, 3.63) is 91.2 Å². The Morgan fingerprint density at radius 2 is 1.62 bits per heavy atom. The van der Waals surface area contributed by atoms with Gasteiger partial charge in [0.25, 0.3) is 5.56 Å². The van der Waals surface area contributed by atoms with E-state index >= 15 is 0 Å². The minimum absolute atomic E-state index is 0.0227.